The topological polar surface area (TPSA) is 379 Å². The number of fused-ring (bicyclic) bond motifs is 7. The maximum atomic E-state index is 14.5. The van der Waals surface area contributed by atoms with E-state index in [0.717, 1.165) is 123 Å². The zero-order chi connectivity index (χ0) is 89.7. The summed E-state index contributed by atoms with van der Waals surface area (Å²) in [5.41, 5.74) is 9.66. The van der Waals surface area contributed by atoms with Crippen LogP contribution in [0.15, 0.2) is 141 Å². The van der Waals surface area contributed by atoms with Crippen molar-refractivity contribution in [3.63, 3.8) is 0 Å². The number of halogens is 2. The van der Waals surface area contributed by atoms with E-state index in [4.69, 9.17) is 30.5 Å². The third-order valence-electron chi connectivity index (χ3n) is 26.4. The molecule has 0 aromatic carbocycles. The minimum absolute atomic E-state index is 0.00926. The van der Waals surface area contributed by atoms with Crippen molar-refractivity contribution in [2.24, 2.45) is 81.5 Å². The number of imidazole rings is 4. The highest BCUT2D eigenvalue weighted by Gasteiger charge is 2.59. The van der Waals surface area contributed by atoms with Crippen molar-refractivity contribution in [3.05, 3.63) is 181 Å². The Kier molecular flexibility index (Phi) is 22.6. The zero-order valence-electron chi connectivity index (χ0n) is 72.7. The van der Waals surface area contributed by atoms with E-state index >= 15 is 0 Å². The summed E-state index contributed by atoms with van der Waals surface area (Å²) in [4.78, 5) is 107. The largest absolute Gasteiger partial charge is 0.478 e. The van der Waals surface area contributed by atoms with Crippen molar-refractivity contribution in [1.29, 1.82) is 0 Å². The first-order chi connectivity index (χ1) is 61.7. The van der Waals surface area contributed by atoms with E-state index in [2.05, 4.69) is 110 Å². The zero-order valence-corrected chi connectivity index (χ0v) is 73.4. The van der Waals surface area contributed by atoms with Gasteiger partial charge in [0, 0.05) is 148 Å². The molecule has 21 rings (SSSR count). The first-order valence-electron chi connectivity index (χ1n) is 42.7. The van der Waals surface area contributed by atoms with Crippen LogP contribution < -0.4 is 61.8 Å². The summed E-state index contributed by atoms with van der Waals surface area (Å²) in [5, 5.41) is 33.7. The van der Waals surface area contributed by atoms with Crippen LogP contribution in [0.1, 0.15) is 66.8 Å². The molecule has 5 aliphatic carbocycles. The standard InChI is InChI=1S/C24H29N7O3.C23H27N7O3.C21H24ClN7O2.C19H23FN8O2/c1-4-21(32)29-9-15-16(10-29)17(15)11-30-13-18(26-19-12-28(2)27-23(19)34-3)22-25-8-20(14-6-5-7-14)31(22)24(30)33;1-4-20(31)28-8-14-15(9-28)16(14)10-29-12-17(25-18-11-27(2)26-22(18)33-3)21-24-7-19(13-5-6-13)30(21)23(29)32;1-5-19(30)28-8-14-13(15(14)9-28)7-27-11-16(20-23-6-18(22)29(20)12(27)2)24-17-10-26(3)25-21(17)31-4;1-5-16(29)22-13-9-27(7-12(13)20)15-10-28-11(2)6-21-18(28)17(24-15)23-14-8-26(3)25-19(14)30-4/h4,8,12-17,26H,1,5-7,9-11H2,2-3H3;4,7,11-16,25H,1,5-6,8-10H2,2-3H3;5-6,10-11,13-15,24H,1-2,7-9H2,3-4H3;5-6,8,10,12-13H,1,7,9H2,2-4H3,(H,22,29)(H,23,24). The number of nitrogens with one attached hydrogen (secondary N) is 5. The number of amides is 4. The molecule has 5 aliphatic heterocycles. The van der Waals surface area contributed by atoms with Crippen LogP contribution in [0.2, 0.25) is 5.15 Å². The third-order valence-corrected chi connectivity index (χ3v) is 26.7. The highest BCUT2D eigenvalue weighted by molar-refractivity contribution is 6.30. The maximum Gasteiger partial charge on any atom is 0.334 e. The molecule has 11 aromatic heterocycles. The number of nitrogens with zero attached hydrogens (tertiary/aromatic N) is 24. The van der Waals surface area contributed by atoms with Crippen molar-refractivity contribution >= 4 is 109 Å². The Morgan fingerprint density at radius 1 is 0.516 bits per heavy atom. The number of alkyl halides is 1. The highest BCUT2D eigenvalue weighted by atomic mass is 35.5. The van der Waals surface area contributed by atoms with E-state index in [9.17, 15) is 33.2 Å². The average molecular weight is 1770 g/mol. The number of rotatable bonds is 26. The predicted molar refractivity (Wildman–Crippen MR) is 476 cm³/mol. The highest BCUT2D eigenvalue weighted by Crippen LogP contribution is 2.55. The third kappa shape index (κ3) is 16.1. The number of anilines is 8. The van der Waals surface area contributed by atoms with Crippen molar-refractivity contribution in [2.75, 3.05) is 114 Å². The molecule has 0 spiro atoms. The Balaban J connectivity index is 0.000000115. The van der Waals surface area contributed by atoms with Crippen LogP contribution in [0, 0.1) is 60.2 Å². The second kappa shape index (κ2) is 34.1. The Morgan fingerprint density at radius 3 is 1.37 bits per heavy atom. The molecule has 8 atom stereocenters. The summed E-state index contributed by atoms with van der Waals surface area (Å²) in [6, 6.07) is -0.633. The lowest BCUT2D eigenvalue weighted by Crippen LogP contribution is -2.40. The van der Waals surface area contributed by atoms with Crippen LogP contribution in [-0.2, 0) is 60.5 Å². The van der Waals surface area contributed by atoms with E-state index in [1.807, 2.05) is 112 Å². The maximum absolute atomic E-state index is 14.5. The molecule has 0 bridgehead atoms. The summed E-state index contributed by atoms with van der Waals surface area (Å²) in [6.45, 7) is 27.4. The number of aryl methyl sites for hydroxylation is 5. The Labute approximate surface area is 739 Å². The fraction of sp³-hybridized carbons (Fsp3) is 0.437. The first kappa shape index (κ1) is 84.9. The number of hydrogen-bond acceptors (Lipinski definition) is 25. The summed E-state index contributed by atoms with van der Waals surface area (Å²) in [5.74, 6) is 8.78. The van der Waals surface area contributed by atoms with Crippen LogP contribution in [0.25, 0.3) is 28.5 Å². The quantitative estimate of drug-likeness (QED) is 0.0326. The van der Waals surface area contributed by atoms with Gasteiger partial charge in [0.15, 0.2) is 28.6 Å². The second-order valence-corrected chi connectivity index (χ2v) is 34.8. The van der Waals surface area contributed by atoms with Crippen LogP contribution in [0.5, 0.6) is 23.5 Å². The molecule has 670 valence electrons. The average Bonchev–Trinajstić information content (AvgIpc) is 1.60. The van der Waals surface area contributed by atoms with Gasteiger partial charge in [0.1, 0.15) is 45.7 Å². The lowest BCUT2D eigenvalue weighted by Gasteiger charge is -2.31. The molecule has 16 heterocycles. The van der Waals surface area contributed by atoms with Crippen LogP contribution in [0.4, 0.5) is 50.2 Å². The van der Waals surface area contributed by atoms with E-state index in [1.165, 1.54) is 31.8 Å². The van der Waals surface area contributed by atoms with E-state index in [-0.39, 0.29) is 35.6 Å². The molecule has 5 saturated carbocycles. The van der Waals surface area contributed by atoms with Crippen molar-refractivity contribution in [2.45, 2.75) is 76.2 Å². The Morgan fingerprint density at radius 2 is 0.945 bits per heavy atom. The molecule has 9 fully saturated rings. The molecule has 11 aromatic rings. The number of carbonyl (C=O) groups excluding carboxylic acids is 4. The van der Waals surface area contributed by atoms with E-state index < -0.39 is 18.1 Å². The first-order valence-corrected chi connectivity index (χ1v) is 43.1. The van der Waals surface area contributed by atoms with Crippen LogP contribution in [0.3, 0.4) is 0 Å². The number of hydrogen-bond donors (Lipinski definition) is 5. The van der Waals surface area contributed by atoms with Gasteiger partial charge >= 0.3 is 11.4 Å². The molecule has 5 N–H and O–H groups in total. The van der Waals surface area contributed by atoms with Gasteiger partial charge < -0.3 is 70.0 Å². The van der Waals surface area contributed by atoms with Crippen molar-refractivity contribution in [3.8, 4) is 23.5 Å². The van der Waals surface area contributed by atoms with Crippen LogP contribution in [-0.4, -0.2) is 234 Å². The molecule has 8 unspecified atom stereocenters. The van der Waals surface area contributed by atoms with Gasteiger partial charge in [-0.15, -0.1) is 20.4 Å². The summed E-state index contributed by atoms with van der Waals surface area (Å²) >= 11 is 6.43. The molecular formula is C87H103ClFN29O10. The van der Waals surface area contributed by atoms with Gasteiger partial charge in [-0.2, -0.15) is 0 Å². The molecule has 10 aliphatic rings. The summed E-state index contributed by atoms with van der Waals surface area (Å²) in [6.07, 6.45) is 31.5. The van der Waals surface area contributed by atoms with Crippen LogP contribution >= 0.6 is 11.6 Å². The normalized spacial score (nSPS) is 22.5. The van der Waals surface area contributed by atoms with Gasteiger partial charge in [0.05, 0.1) is 107 Å². The van der Waals surface area contributed by atoms with Gasteiger partial charge in [-0.05, 0) is 110 Å². The SMILES string of the molecule is C=CC(=O)N1CC2C(C1)C2Cn1cc(Nc2cn(C)nc2OC)c2ncc(C3CC3)n2c1=O.C=CC(=O)N1CC2C(C1)C2Cn1cc(Nc2cn(C)nc2OC)c2ncc(C3CCC3)n2c1=O.C=CC(=O)N1CC2C(CN3C=C(Nc4cn(C)nc4OC)c4ncc(Cl)n4C3=C)C2C1.C=CC(=O)NC1CN(c2cn3c(C)cnc3c(Nc3cn(C)nc3OC)n2)CC1F. The van der Waals surface area contributed by atoms with Gasteiger partial charge in [0.25, 0.3) is 23.5 Å². The van der Waals surface area contributed by atoms with Gasteiger partial charge in [0.2, 0.25) is 23.6 Å². The minimum atomic E-state index is -1.22. The molecule has 39 nitrogen and oxygen atoms in total. The number of piperidine rings is 3. The fourth-order valence-corrected chi connectivity index (χ4v) is 19.5. The minimum Gasteiger partial charge on any atom is -0.478 e. The molecule has 128 heavy (non-hydrogen) atoms. The predicted octanol–water partition coefficient (Wildman–Crippen LogP) is 7.56. The fourth-order valence-electron chi connectivity index (χ4n) is 19.2. The number of likely N-dealkylation sites (tertiary alicyclic amines) is 3. The summed E-state index contributed by atoms with van der Waals surface area (Å²) < 4.78 is 53.5. The van der Waals surface area contributed by atoms with E-state index in [0.29, 0.717) is 165 Å². The molecule has 4 saturated heterocycles. The number of ether oxygens (including phenoxy) is 4. The smallest absolute Gasteiger partial charge is 0.334 e. The Bertz CT molecular complexity index is 6390. The monoisotopic (exact) mass is 1770 g/mol. The summed E-state index contributed by atoms with van der Waals surface area (Å²) in [7, 11) is 13.6. The van der Waals surface area contributed by atoms with E-state index in [1.54, 1.807) is 84.0 Å². The lowest BCUT2D eigenvalue weighted by atomic mass is 9.83. The number of aromatic nitrogens is 19. The van der Waals surface area contributed by atoms with Gasteiger partial charge in [-0.1, -0.05) is 50.9 Å². The van der Waals surface area contributed by atoms with Gasteiger partial charge in [-0.25, -0.2) is 47.7 Å². The number of carbonyl (C=O) groups is 4. The van der Waals surface area contributed by atoms with Crippen molar-refractivity contribution < 1.29 is 42.5 Å². The molecule has 4 amide bonds. The molecule has 0 radical (unpaired) electrons. The second-order valence-electron chi connectivity index (χ2n) is 34.4. The lowest BCUT2D eigenvalue weighted by molar-refractivity contribution is -0.126. The molecule has 41 heteroatoms. The molecular weight excluding hydrogens is 1670 g/mol. The Hall–Kier alpha value is -14.0. The van der Waals surface area contributed by atoms with Crippen molar-refractivity contribution in [1.82, 2.24) is 116 Å². The van der Waals surface area contributed by atoms with Gasteiger partial charge in [-0.3, -0.25) is 56.0 Å². The number of methoxy groups -OCH3 is 4.